The van der Waals surface area contributed by atoms with Crippen molar-refractivity contribution in [3.8, 4) is 11.5 Å². The van der Waals surface area contributed by atoms with Crippen molar-refractivity contribution >= 4 is 8.32 Å². The van der Waals surface area contributed by atoms with Gasteiger partial charge in [-0.2, -0.15) is 0 Å². The summed E-state index contributed by atoms with van der Waals surface area (Å²) in [6.45, 7) is 13.6. The van der Waals surface area contributed by atoms with E-state index in [1.54, 1.807) is 0 Å². The zero-order valence-corrected chi connectivity index (χ0v) is 21.9. The maximum Gasteiger partial charge on any atom is 0.250 e. The van der Waals surface area contributed by atoms with E-state index in [1.165, 1.54) is 11.1 Å². The molecule has 1 saturated carbocycles. The van der Waals surface area contributed by atoms with E-state index < -0.39 is 19.3 Å². The number of nitrogens with zero attached hydrogens (tertiary/aromatic N) is 1. The molecule has 0 aromatic heterocycles. The van der Waals surface area contributed by atoms with Gasteiger partial charge in [-0.15, -0.1) is 0 Å². The monoisotopic (exact) mass is 473 g/mol. The molecule has 3 heterocycles. The maximum absolute atomic E-state index is 12.5. The minimum Gasteiger partial charge on any atom is -0.541 e. The molecule has 182 valence electrons. The molecule has 7 heteroatoms. The zero-order chi connectivity index (χ0) is 23.4. The molecule has 0 radical (unpaired) electrons. The molecule has 1 unspecified atom stereocenters. The highest BCUT2D eigenvalue weighted by molar-refractivity contribution is 6.74. The van der Waals surface area contributed by atoms with E-state index in [2.05, 4.69) is 57.9 Å². The lowest BCUT2D eigenvalue weighted by molar-refractivity contribution is -0.221. The Morgan fingerprint density at radius 3 is 2.58 bits per heavy atom. The van der Waals surface area contributed by atoms with Gasteiger partial charge in [0.1, 0.15) is 11.9 Å². The first kappa shape index (κ1) is 22.3. The number of hydrogen-bond acceptors (Lipinski definition) is 6. The third-order valence-electron chi connectivity index (χ3n) is 9.93. The summed E-state index contributed by atoms with van der Waals surface area (Å²) in [7, 11) is 0.103. The van der Waals surface area contributed by atoms with Crippen molar-refractivity contribution in [3.63, 3.8) is 0 Å². The third kappa shape index (κ3) is 2.80. The molecule has 0 amide bonds. The van der Waals surface area contributed by atoms with Crippen LogP contribution in [0.1, 0.15) is 51.2 Å². The highest BCUT2D eigenvalue weighted by Crippen LogP contribution is 2.67. The van der Waals surface area contributed by atoms with Crippen LogP contribution in [0.15, 0.2) is 12.1 Å². The van der Waals surface area contributed by atoms with Gasteiger partial charge in [-0.1, -0.05) is 26.8 Å². The lowest BCUT2D eigenvalue weighted by atomic mass is 9.47. The van der Waals surface area contributed by atoms with E-state index >= 15 is 0 Å². The smallest absolute Gasteiger partial charge is 0.250 e. The van der Waals surface area contributed by atoms with Crippen LogP contribution in [-0.2, 0) is 21.3 Å². The van der Waals surface area contributed by atoms with Crippen LogP contribution >= 0.6 is 0 Å². The highest BCUT2D eigenvalue weighted by Gasteiger charge is 2.73. The average molecular weight is 474 g/mol. The predicted molar refractivity (Wildman–Crippen MR) is 128 cm³/mol. The minimum atomic E-state index is -2.06. The number of aliphatic hydroxyl groups is 1. The summed E-state index contributed by atoms with van der Waals surface area (Å²) < 4.78 is 25.8. The second-order valence-corrected chi connectivity index (χ2v) is 17.2. The summed E-state index contributed by atoms with van der Waals surface area (Å²) in [6.07, 6.45) is 2.93. The topological polar surface area (TPSA) is 60.4 Å². The van der Waals surface area contributed by atoms with Gasteiger partial charge < -0.3 is 28.6 Å². The van der Waals surface area contributed by atoms with Gasteiger partial charge in [0.15, 0.2) is 12.0 Å². The van der Waals surface area contributed by atoms with Gasteiger partial charge in [-0.25, -0.2) is 0 Å². The van der Waals surface area contributed by atoms with E-state index in [1.807, 2.05) is 0 Å². The van der Waals surface area contributed by atoms with Gasteiger partial charge >= 0.3 is 0 Å². The molecular formula is C26H39NO5Si. The standard InChI is InChI=1S/C26H39NO5Si/c1-24(2,3)33(5,6)32-18-8-7-16-15-19-26(28)10-9-17(23-29-13-14-30-23)22-25(26,11-12-27(19)4)20(16)21(18)31-22/h7-8,17,19,22-23,28H,9-15H2,1-6H3/t17?,19-,22+,25+,26-/m1/s1. The van der Waals surface area contributed by atoms with Gasteiger partial charge in [0.2, 0.25) is 0 Å². The largest absolute Gasteiger partial charge is 0.541 e. The number of hydrogen-bond donors (Lipinski definition) is 1. The Bertz CT molecular complexity index is 970. The van der Waals surface area contributed by atoms with E-state index in [-0.39, 0.29) is 29.4 Å². The molecule has 5 atom stereocenters. The van der Waals surface area contributed by atoms with Gasteiger partial charge in [0, 0.05) is 17.5 Å². The lowest BCUT2D eigenvalue weighted by Crippen LogP contribution is -2.76. The fourth-order valence-corrected chi connectivity index (χ4v) is 8.21. The van der Waals surface area contributed by atoms with Crippen LogP contribution in [-0.4, -0.2) is 69.2 Å². The van der Waals surface area contributed by atoms with Crippen LogP contribution in [0.2, 0.25) is 18.1 Å². The Labute approximate surface area is 198 Å². The number of benzene rings is 1. The molecule has 1 spiro atoms. The minimum absolute atomic E-state index is 0.0900. The average Bonchev–Trinajstić information content (AvgIpc) is 3.37. The Balaban J connectivity index is 1.52. The molecule has 1 N–H and O–H groups in total. The molecule has 1 aromatic rings. The van der Waals surface area contributed by atoms with Crippen molar-refractivity contribution in [2.24, 2.45) is 5.92 Å². The number of rotatable bonds is 3. The molecule has 2 aliphatic carbocycles. The summed E-state index contributed by atoms with van der Waals surface area (Å²) in [4.78, 5) is 2.37. The Morgan fingerprint density at radius 1 is 1.15 bits per heavy atom. The van der Waals surface area contributed by atoms with Crippen LogP contribution in [0.3, 0.4) is 0 Å². The number of likely N-dealkylation sites (tertiary alicyclic amines) is 1. The molecule has 3 fully saturated rings. The van der Waals surface area contributed by atoms with E-state index in [0.717, 1.165) is 43.7 Å². The van der Waals surface area contributed by atoms with Crippen molar-refractivity contribution in [2.75, 3.05) is 26.8 Å². The Morgan fingerprint density at radius 2 is 1.88 bits per heavy atom. The Hall–Kier alpha value is -1.12. The van der Waals surface area contributed by atoms with Crippen LogP contribution in [0.25, 0.3) is 0 Å². The molecule has 2 bridgehead atoms. The van der Waals surface area contributed by atoms with Crippen molar-refractivity contribution < 1.29 is 23.7 Å². The number of ether oxygens (including phenoxy) is 3. The molecule has 3 aliphatic heterocycles. The molecule has 6 rings (SSSR count). The molecular weight excluding hydrogens is 434 g/mol. The molecule has 2 saturated heterocycles. The number of piperidine rings is 1. The quantitative estimate of drug-likeness (QED) is 0.673. The SMILES string of the molecule is CN1CC[C@]23c4c5ccc(O[Si](C)(C)C(C)(C)C)c4O[C@H]2C(C2OCCO2)CC[C@@]3(O)[C@H]1C5. The highest BCUT2D eigenvalue weighted by atomic mass is 28.4. The van der Waals surface area contributed by atoms with Crippen molar-refractivity contribution in [1.82, 2.24) is 4.90 Å². The van der Waals surface area contributed by atoms with Crippen molar-refractivity contribution in [1.29, 1.82) is 0 Å². The first-order chi connectivity index (χ1) is 15.5. The first-order valence-corrected chi connectivity index (χ1v) is 15.6. The second-order valence-electron chi connectivity index (χ2n) is 12.5. The first-order valence-electron chi connectivity index (χ1n) is 12.7. The van der Waals surface area contributed by atoms with Crippen LogP contribution in [0.5, 0.6) is 11.5 Å². The van der Waals surface area contributed by atoms with Gasteiger partial charge in [0.05, 0.1) is 24.2 Å². The van der Waals surface area contributed by atoms with Crippen LogP contribution in [0.4, 0.5) is 0 Å². The van der Waals surface area contributed by atoms with E-state index in [4.69, 9.17) is 18.6 Å². The second kappa shape index (κ2) is 6.97. The van der Waals surface area contributed by atoms with Crippen LogP contribution in [0, 0.1) is 5.92 Å². The normalized spacial score (nSPS) is 38.2. The van der Waals surface area contributed by atoms with Gasteiger partial charge in [0.25, 0.3) is 8.32 Å². The van der Waals surface area contributed by atoms with E-state index in [0.29, 0.717) is 13.2 Å². The predicted octanol–water partition coefficient (Wildman–Crippen LogP) is 3.84. The van der Waals surface area contributed by atoms with Gasteiger partial charge in [-0.05, 0) is 69.0 Å². The number of likely N-dealkylation sites (N-methyl/N-ethyl adjacent to an activating group) is 1. The lowest BCUT2D eigenvalue weighted by Gasteiger charge is -2.64. The fourth-order valence-electron chi connectivity index (χ4n) is 7.19. The maximum atomic E-state index is 12.5. The Kier molecular flexibility index (Phi) is 4.72. The summed E-state index contributed by atoms with van der Waals surface area (Å²) in [5.74, 6) is 1.85. The van der Waals surface area contributed by atoms with Crippen molar-refractivity contribution in [2.45, 2.75) is 94.0 Å². The summed E-state index contributed by atoms with van der Waals surface area (Å²) in [5.41, 5.74) is 1.29. The molecule has 6 nitrogen and oxygen atoms in total. The zero-order valence-electron chi connectivity index (χ0n) is 20.9. The summed E-state index contributed by atoms with van der Waals surface area (Å²) in [5, 5.41) is 12.6. The molecule has 1 aromatic carbocycles. The van der Waals surface area contributed by atoms with Crippen LogP contribution < -0.4 is 9.16 Å². The van der Waals surface area contributed by atoms with Gasteiger partial charge in [-0.3, -0.25) is 0 Å². The van der Waals surface area contributed by atoms with Crippen molar-refractivity contribution in [3.05, 3.63) is 23.3 Å². The fraction of sp³-hybridized carbons (Fsp3) is 0.769. The molecule has 5 aliphatic rings. The summed E-state index contributed by atoms with van der Waals surface area (Å²) in [6, 6.07) is 4.47. The summed E-state index contributed by atoms with van der Waals surface area (Å²) >= 11 is 0. The molecule has 33 heavy (non-hydrogen) atoms. The third-order valence-corrected chi connectivity index (χ3v) is 14.3. The van der Waals surface area contributed by atoms with E-state index in [9.17, 15) is 5.11 Å².